The standard InChI is InChI=1S/C52H63F6NO11S2/c1-6-7-8-9-10-11-16-59-45(60)35-14-12-34(13-15-35)41-32-39-43-44(51(55,56)52(57,58)50(43,53)54)40-33-42(72-49(40,3)48(39,2)71-41)36-29-37(46(61)69-27-25-67-23-21-65-19-17-63-4)31-38(30-36)47(62)70-28-26-68-24-22-66-20-18-64-5/h12-15,29-33H,6-11,16-28H2,1-5H3,(H,59,60). The fraction of sp³-hybridized carbons (Fsp3) is 0.558. The van der Waals surface area contributed by atoms with E-state index in [2.05, 4.69) is 12.2 Å². The first-order valence-electron chi connectivity index (χ1n) is 24.0. The van der Waals surface area contributed by atoms with Gasteiger partial charge in [-0.3, -0.25) is 4.79 Å². The number of ether oxygens (including phenoxy) is 8. The van der Waals surface area contributed by atoms with Gasteiger partial charge in [-0.1, -0.05) is 51.2 Å². The summed E-state index contributed by atoms with van der Waals surface area (Å²) in [5.41, 5.74) is -3.17. The minimum atomic E-state index is -5.80. The van der Waals surface area contributed by atoms with Gasteiger partial charge in [-0.15, -0.1) is 23.5 Å². The van der Waals surface area contributed by atoms with Crippen LogP contribution in [0.1, 0.15) is 101 Å². The number of rotatable bonds is 30. The van der Waals surface area contributed by atoms with Crippen LogP contribution >= 0.6 is 23.5 Å². The number of alkyl halides is 6. The molecule has 72 heavy (non-hydrogen) atoms. The van der Waals surface area contributed by atoms with Crippen LogP contribution in [0.5, 0.6) is 0 Å². The van der Waals surface area contributed by atoms with Gasteiger partial charge in [-0.05, 0) is 85.0 Å². The van der Waals surface area contributed by atoms with Crippen LogP contribution in [0.2, 0.25) is 0 Å². The number of thioether (sulfide) groups is 2. The summed E-state index contributed by atoms with van der Waals surface area (Å²) in [6.07, 6.45) is 8.73. The third-order valence-corrected chi connectivity index (χ3v) is 16.1. The minimum absolute atomic E-state index is 0.00607. The highest BCUT2D eigenvalue weighted by molar-refractivity contribution is 8.14. The second-order valence-corrected chi connectivity index (χ2v) is 20.6. The van der Waals surface area contributed by atoms with E-state index in [1.807, 2.05) is 0 Å². The zero-order chi connectivity index (χ0) is 52.2. The minimum Gasteiger partial charge on any atom is -0.460 e. The fourth-order valence-electron chi connectivity index (χ4n) is 8.68. The first kappa shape index (κ1) is 57.1. The predicted molar refractivity (Wildman–Crippen MR) is 263 cm³/mol. The monoisotopic (exact) mass is 1060 g/mol. The molecule has 1 fully saturated rings. The second kappa shape index (κ2) is 25.4. The molecular formula is C52H63F6NO11S2. The van der Waals surface area contributed by atoms with E-state index in [1.165, 1.54) is 31.2 Å². The van der Waals surface area contributed by atoms with Crippen LogP contribution in [0.15, 0.2) is 76.9 Å². The molecule has 0 saturated heterocycles. The lowest BCUT2D eigenvalue weighted by molar-refractivity contribution is -0.258. The number of esters is 2. The molecule has 20 heteroatoms. The Morgan fingerprint density at radius 1 is 0.528 bits per heavy atom. The van der Waals surface area contributed by atoms with Gasteiger partial charge in [0.05, 0.1) is 86.7 Å². The van der Waals surface area contributed by atoms with Crippen molar-refractivity contribution in [3.8, 4) is 0 Å². The van der Waals surface area contributed by atoms with E-state index in [0.29, 0.717) is 49.0 Å². The molecule has 2 aromatic carbocycles. The molecule has 2 aliphatic carbocycles. The number of hydrogen-bond acceptors (Lipinski definition) is 13. The molecule has 0 aromatic heterocycles. The summed E-state index contributed by atoms with van der Waals surface area (Å²) in [6, 6.07) is 10.2. The van der Waals surface area contributed by atoms with E-state index in [-0.39, 0.29) is 85.9 Å². The van der Waals surface area contributed by atoms with E-state index in [0.717, 1.165) is 68.1 Å². The molecule has 2 heterocycles. The van der Waals surface area contributed by atoms with Crippen LogP contribution in [0, 0.1) is 0 Å². The van der Waals surface area contributed by atoms with Crippen molar-refractivity contribution in [2.75, 3.05) is 100 Å². The number of halogens is 6. The largest absolute Gasteiger partial charge is 0.460 e. The number of allylic oxidation sites excluding steroid dienone is 4. The topological polar surface area (TPSA) is 137 Å². The van der Waals surface area contributed by atoms with Crippen molar-refractivity contribution in [3.05, 3.63) is 105 Å². The van der Waals surface area contributed by atoms with E-state index in [1.54, 1.807) is 45.4 Å². The molecular weight excluding hydrogens is 993 g/mol. The van der Waals surface area contributed by atoms with Gasteiger partial charge in [0, 0.05) is 47.3 Å². The molecule has 0 radical (unpaired) electrons. The van der Waals surface area contributed by atoms with Crippen molar-refractivity contribution >= 4 is 51.2 Å². The average Bonchev–Trinajstić information content (AvgIpc) is 3.95. The lowest BCUT2D eigenvalue weighted by Gasteiger charge is -2.47. The van der Waals surface area contributed by atoms with Gasteiger partial charge in [-0.25, -0.2) is 9.59 Å². The highest BCUT2D eigenvalue weighted by atomic mass is 32.2. The lowest BCUT2D eigenvalue weighted by atomic mass is 9.71. The molecule has 2 aliphatic heterocycles. The number of nitrogens with one attached hydrogen (secondary N) is 1. The van der Waals surface area contributed by atoms with Gasteiger partial charge in [0.15, 0.2) is 0 Å². The van der Waals surface area contributed by atoms with Crippen molar-refractivity contribution in [2.45, 2.75) is 86.6 Å². The molecule has 12 nitrogen and oxygen atoms in total. The van der Waals surface area contributed by atoms with Gasteiger partial charge in [0.1, 0.15) is 13.2 Å². The zero-order valence-corrected chi connectivity index (χ0v) is 42.8. The first-order valence-corrected chi connectivity index (χ1v) is 25.7. The Morgan fingerprint density at radius 3 is 1.40 bits per heavy atom. The van der Waals surface area contributed by atoms with Crippen molar-refractivity contribution < 1.29 is 78.6 Å². The second-order valence-electron chi connectivity index (χ2n) is 17.7. The van der Waals surface area contributed by atoms with E-state index in [9.17, 15) is 14.4 Å². The Balaban J connectivity index is 1.28. The molecule has 0 bridgehead atoms. The zero-order valence-electron chi connectivity index (χ0n) is 41.2. The van der Waals surface area contributed by atoms with Gasteiger partial charge < -0.3 is 43.2 Å². The summed E-state index contributed by atoms with van der Waals surface area (Å²) >= 11 is 2.02. The maximum atomic E-state index is 16.3. The average molecular weight is 1060 g/mol. The van der Waals surface area contributed by atoms with Gasteiger partial charge >= 0.3 is 29.7 Å². The molecule has 1 amide bonds. The van der Waals surface area contributed by atoms with E-state index < -0.39 is 55.9 Å². The van der Waals surface area contributed by atoms with Gasteiger partial charge in [0.2, 0.25) is 0 Å². The summed E-state index contributed by atoms with van der Waals surface area (Å²) in [6.45, 7) is 7.78. The maximum absolute atomic E-state index is 16.3. The Hall–Kier alpha value is -4.15. The molecule has 2 atom stereocenters. The van der Waals surface area contributed by atoms with Crippen LogP contribution in [-0.4, -0.2) is 145 Å². The SMILES string of the molecule is CCCCCCCCNC(=O)c1ccc(C2=CC3=C4C(=C5C=C(c6cc(C(=O)OCCOCCOCCOC)cc(C(=O)OCCOCCOCCOC)c6)SC5(C)C3(C)S2)C(F)(F)C(F)(F)C4(F)F)cc1. The predicted octanol–water partition coefficient (Wildman–Crippen LogP) is 10.4. The third kappa shape index (κ3) is 12.3. The van der Waals surface area contributed by atoms with Crippen LogP contribution in [-0.2, 0) is 37.9 Å². The summed E-state index contributed by atoms with van der Waals surface area (Å²) in [7, 11) is 3.09. The lowest BCUT2D eigenvalue weighted by Crippen LogP contribution is -2.48. The maximum Gasteiger partial charge on any atom is 0.380 e. The Morgan fingerprint density at radius 2 is 0.944 bits per heavy atom. The van der Waals surface area contributed by atoms with Crippen molar-refractivity contribution in [1.29, 1.82) is 0 Å². The number of carbonyl (C=O) groups is 3. The number of hydrogen-bond donors (Lipinski definition) is 1. The smallest absolute Gasteiger partial charge is 0.380 e. The number of benzene rings is 2. The normalized spacial score (nSPS) is 21.3. The van der Waals surface area contributed by atoms with Crippen molar-refractivity contribution in [3.63, 3.8) is 0 Å². The molecule has 396 valence electrons. The van der Waals surface area contributed by atoms with Crippen molar-refractivity contribution in [1.82, 2.24) is 5.32 Å². The van der Waals surface area contributed by atoms with Crippen LogP contribution in [0.25, 0.3) is 9.81 Å². The first-order chi connectivity index (χ1) is 34.4. The quantitative estimate of drug-likeness (QED) is 0.0452. The number of unbranched alkanes of at least 4 members (excludes halogenated alkanes) is 5. The van der Waals surface area contributed by atoms with Gasteiger partial charge in [0.25, 0.3) is 5.91 Å². The van der Waals surface area contributed by atoms with E-state index >= 15 is 26.3 Å². The number of carbonyl (C=O) groups excluding carboxylic acids is 3. The summed E-state index contributed by atoms with van der Waals surface area (Å²) in [5, 5.41) is 2.91. The third-order valence-electron chi connectivity index (χ3n) is 12.8. The summed E-state index contributed by atoms with van der Waals surface area (Å²) in [4.78, 5) is 40.6. The highest BCUT2D eigenvalue weighted by Crippen LogP contribution is 2.75. The number of amides is 1. The molecule has 2 unspecified atom stereocenters. The molecule has 1 saturated carbocycles. The molecule has 2 aromatic rings. The Kier molecular flexibility index (Phi) is 20.1. The fourth-order valence-corrected chi connectivity index (χ4v) is 11.8. The van der Waals surface area contributed by atoms with Crippen LogP contribution in [0.3, 0.4) is 0 Å². The van der Waals surface area contributed by atoms with Crippen LogP contribution < -0.4 is 5.32 Å². The highest BCUT2D eigenvalue weighted by Gasteiger charge is 2.84. The number of fused-ring (bicyclic) bond motifs is 4. The molecule has 1 N–H and O–H groups in total. The molecule has 0 spiro atoms. The van der Waals surface area contributed by atoms with Gasteiger partial charge in [-0.2, -0.15) is 26.3 Å². The van der Waals surface area contributed by atoms with Crippen molar-refractivity contribution in [2.24, 2.45) is 0 Å². The van der Waals surface area contributed by atoms with Crippen LogP contribution in [0.4, 0.5) is 26.3 Å². The Bertz CT molecular complexity index is 2320. The number of methoxy groups -OCH3 is 2. The van der Waals surface area contributed by atoms with E-state index in [4.69, 9.17) is 37.9 Å². The molecule has 4 aliphatic rings. The molecule has 6 rings (SSSR count). The Labute approximate surface area is 424 Å². The summed E-state index contributed by atoms with van der Waals surface area (Å²) < 4.78 is 136. The summed E-state index contributed by atoms with van der Waals surface area (Å²) in [5.74, 6) is -18.5.